The number of aryl methyl sites for hydroxylation is 2. The predicted octanol–water partition coefficient (Wildman–Crippen LogP) is 4.07. The number of para-hydroxylation sites is 1. The number of urea groups is 1. The van der Waals surface area contributed by atoms with Gasteiger partial charge in [0, 0.05) is 17.6 Å². The number of hydrogen-bond donors (Lipinski definition) is 1. The van der Waals surface area contributed by atoms with Crippen LogP contribution < -0.4 is 10.2 Å². The Bertz CT molecular complexity index is 1210. The summed E-state index contributed by atoms with van der Waals surface area (Å²) in [4.78, 5) is 39.1. The first-order valence-electron chi connectivity index (χ1n) is 9.59. The van der Waals surface area contributed by atoms with Crippen LogP contribution in [0.3, 0.4) is 0 Å². The van der Waals surface area contributed by atoms with Crippen molar-refractivity contribution < 1.29 is 14.4 Å². The summed E-state index contributed by atoms with van der Waals surface area (Å²) in [7, 11) is 0. The van der Waals surface area contributed by atoms with Gasteiger partial charge in [-0.15, -0.1) is 0 Å². The second-order valence-corrected chi connectivity index (χ2v) is 7.30. The third kappa shape index (κ3) is 3.33. The Morgan fingerprint density at radius 2 is 1.63 bits per heavy atom. The van der Waals surface area contributed by atoms with E-state index in [1.807, 2.05) is 74.0 Å². The normalized spacial score (nSPS) is 15.6. The van der Waals surface area contributed by atoms with Crippen LogP contribution in [0.4, 0.5) is 10.5 Å². The van der Waals surface area contributed by atoms with E-state index in [2.05, 4.69) is 5.32 Å². The molecule has 2 heterocycles. The molecule has 0 saturated carbocycles. The van der Waals surface area contributed by atoms with E-state index in [-0.39, 0.29) is 5.57 Å². The molecule has 3 aromatic rings. The highest BCUT2D eigenvalue weighted by Crippen LogP contribution is 2.27. The van der Waals surface area contributed by atoms with Gasteiger partial charge in [-0.3, -0.25) is 14.9 Å². The maximum Gasteiger partial charge on any atom is 0.335 e. The van der Waals surface area contributed by atoms with Crippen molar-refractivity contribution in [3.05, 3.63) is 88.8 Å². The van der Waals surface area contributed by atoms with Gasteiger partial charge in [0.25, 0.3) is 11.8 Å². The Morgan fingerprint density at radius 3 is 2.37 bits per heavy atom. The van der Waals surface area contributed by atoms with Gasteiger partial charge in [-0.05, 0) is 67.8 Å². The summed E-state index contributed by atoms with van der Waals surface area (Å²) in [5.74, 6) is -1.33. The Balaban J connectivity index is 1.74. The fraction of sp³-hybridized carbons (Fsp3) is 0.125. The van der Waals surface area contributed by atoms with Crippen molar-refractivity contribution in [3.63, 3.8) is 0 Å². The van der Waals surface area contributed by atoms with E-state index in [1.165, 1.54) is 6.08 Å². The van der Waals surface area contributed by atoms with Crippen molar-refractivity contribution in [1.82, 2.24) is 9.88 Å². The number of hydrogen-bond acceptors (Lipinski definition) is 3. The molecular weight excluding hydrogens is 378 g/mol. The van der Waals surface area contributed by atoms with Crippen LogP contribution in [0.5, 0.6) is 0 Å². The van der Waals surface area contributed by atoms with Crippen molar-refractivity contribution in [2.75, 3.05) is 4.90 Å². The van der Waals surface area contributed by atoms with E-state index >= 15 is 0 Å². The number of barbiturate groups is 1. The number of anilines is 1. The van der Waals surface area contributed by atoms with Crippen LogP contribution in [-0.2, 0) is 9.59 Å². The number of carbonyl (C=O) groups is 3. The molecule has 0 bridgehead atoms. The first kappa shape index (κ1) is 19.4. The second kappa shape index (κ2) is 7.48. The number of carbonyl (C=O) groups excluding carboxylic acids is 3. The van der Waals surface area contributed by atoms with Crippen molar-refractivity contribution >= 4 is 29.6 Å². The number of rotatable bonds is 3. The number of imide groups is 2. The van der Waals surface area contributed by atoms with Crippen LogP contribution in [0, 0.1) is 20.8 Å². The molecule has 0 unspecified atom stereocenters. The summed E-state index contributed by atoms with van der Waals surface area (Å²) in [6.45, 7) is 5.69. The molecule has 1 aliphatic rings. The topological polar surface area (TPSA) is 71.4 Å². The van der Waals surface area contributed by atoms with Gasteiger partial charge >= 0.3 is 6.03 Å². The van der Waals surface area contributed by atoms with Gasteiger partial charge in [0.05, 0.1) is 5.69 Å². The van der Waals surface area contributed by atoms with Crippen molar-refractivity contribution in [1.29, 1.82) is 0 Å². The van der Waals surface area contributed by atoms with Gasteiger partial charge in [0.2, 0.25) is 0 Å². The Morgan fingerprint density at radius 1 is 0.900 bits per heavy atom. The van der Waals surface area contributed by atoms with Crippen LogP contribution in [-0.4, -0.2) is 22.4 Å². The second-order valence-electron chi connectivity index (χ2n) is 7.30. The molecule has 0 spiro atoms. The van der Waals surface area contributed by atoms with E-state index in [1.54, 1.807) is 12.1 Å². The van der Waals surface area contributed by atoms with E-state index in [0.717, 1.165) is 27.4 Å². The van der Waals surface area contributed by atoms with Gasteiger partial charge in [0.1, 0.15) is 5.57 Å². The lowest BCUT2D eigenvalue weighted by Crippen LogP contribution is -2.54. The third-order valence-corrected chi connectivity index (χ3v) is 5.30. The molecule has 150 valence electrons. The average Bonchev–Trinajstić information content (AvgIpc) is 3.09. The number of nitrogens with zero attached hydrogens (tertiary/aromatic N) is 2. The molecular formula is C24H21N3O3. The molecule has 6 heteroatoms. The lowest BCUT2D eigenvalue weighted by atomic mass is 10.0. The smallest absolute Gasteiger partial charge is 0.321 e. The summed E-state index contributed by atoms with van der Waals surface area (Å²) in [5, 5.41) is 2.28. The molecule has 1 aromatic heterocycles. The van der Waals surface area contributed by atoms with E-state index < -0.39 is 17.8 Å². The van der Waals surface area contributed by atoms with Gasteiger partial charge in [-0.1, -0.05) is 30.3 Å². The maximum absolute atomic E-state index is 13.1. The van der Waals surface area contributed by atoms with E-state index in [0.29, 0.717) is 11.3 Å². The molecule has 1 fully saturated rings. The number of nitrogens with one attached hydrogen (secondary N) is 1. The zero-order valence-electron chi connectivity index (χ0n) is 17.0. The lowest BCUT2D eigenvalue weighted by molar-refractivity contribution is -0.122. The fourth-order valence-electron chi connectivity index (χ4n) is 3.57. The first-order chi connectivity index (χ1) is 14.4. The summed E-state index contributed by atoms with van der Waals surface area (Å²) in [6, 6.07) is 16.3. The zero-order chi connectivity index (χ0) is 21.4. The maximum atomic E-state index is 13.1. The number of aromatic nitrogens is 1. The zero-order valence-corrected chi connectivity index (χ0v) is 17.0. The largest absolute Gasteiger partial charge is 0.335 e. The summed E-state index contributed by atoms with van der Waals surface area (Å²) in [5.41, 5.74) is 4.78. The van der Waals surface area contributed by atoms with Crippen LogP contribution in [0.15, 0.2) is 66.4 Å². The Hall–Kier alpha value is -3.93. The van der Waals surface area contributed by atoms with Gasteiger partial charge in [-0.2, -0.15) is 0 Å². The SMILES string of the molecule is Cc1cccc(N2C(=O)NC(=O)/C(=C/c3cc(C)n(-c4ccccc4)c3)C2=O)c1C. The molecule has 2 aromatic carbocycles. The standard InChI is InChI=1S/C24H21N3O3/c1-15-8-7-11-21(17(15)3)27-23(29)20(22(28)25-24(27)30)13-18-12-16(2)26(14-18)19-9-5-4-6-10-19/h4-14H,1-3H3,(H,25,28,30)/b20-13-. The fourth-order valence-corrected chi connectivity index (χ4v) is 3.57. The third-order valence-electron chi connectivity index (χ3n) is 5.30. The lowest BCUT2D eigenvalue weighted by Gasteiger charge is -2.28. The quantitative estimate of drug-likeness (QED) is 0.533. The number of amides is 4. The van der Waals surface area contributed by atoms with E-state index in [4.69, 9.17) is 0 Å². The molecule has 4 amide bonds. The first-order valence-corrected chi connectivity index (χ1v) is 9.59. The summed E-state index contributed by atoms with van der Waals surface area (Å²) >= 11 is 0. The molecule has 0 atom stereocenters. The molecule has 1 N–H and O–H groups in total. The van der Waals surface area contributed by atoms with Crippen molar-refractivity contribution in [2.24, 2.45) is 0 Å². The van der Waals surface area contributed by atoms with Gasteiger partial charge in [-0.25, -0.2) is 9.69 Å². The molecule has 1 aliphatic heterocycles. The summed E-state index contributed by atoms with van der Waals surface area (Å²) in [6.07, 6.45) is 3.38. The highest BCUT2D eigenvalue weighted by molar-refractivity contribution is 6.39. The summed E-state index contributed by atoms with van der Waals surface area (Å²) < 4.78 is 1.98. The molecule has 4 rings (SSSR count). The molecule has 30 heavy (non-hydrogen) atoms. The molecule has 0 aliphatic carbocycles. The van der Waals surface area contributed by atoms with E-state index in [9.17, 15) is 14.4 Å². The number of benzene rings is 2. The van der Waals surface area contributed by atoms with Crippen molar-refractivity contribution in [2.45, 2.75) is 20.8 Å². The predicted molar refractivity (Wildman–Crippen MR) is 115 cm³/mol. The Labute approximate surface area is 174 Å². The van der Waals surface area contributed by atoms with Crippen molar-refractivity contribution in [3.8, 4) is 5.69 Å². The van der Waals surface area contributed by atoms with Crippen LogP contribution in [0.2, 0.25) is 0 Å². The molecule has 6 nitrogen and oxygen atoms in total. The average molecular weight is 399 g/mol. The molecule has 0 radical (unpaired) electrons. The minimum absolute atomic E-state index is 0.0827. The monoisotopic (exact) mass is 399 g/mol. The Kier molecular flexibility index (Phi) is 4.83. The highest BCUT2D eigenvalue weighted by Gasteiger charge is 2.37. The van der Waals surface area contributed by atoms with Crippen LogP contribution in [0.1, 0.15) is 22.4 Å². The van der Waals surface area contributed by atoms with Gasteiger partial charge in [0.15, 0.2) is 0 Å². The molecule has 1 saturated heterocycles. The van der Waals surface area contributed by atoms with Crippen LogP contribution >= 0.6 is 0 Å². The van der Waals surface area contributed by atoms with Gasteiger partial charge < -0.3 is 4.57 Å². The highest BCUT2D eigenvalue weighted by atomic mass is 16.2. The minimum atomic E-state index is -0.742. The van der Waals surface area contributed by atoms with Crippen LogP contribution in [0.25, 0.3) is 11.8 Å². The minimum Gasteiger partial charge on any atom is -0.321 e.